The smallest absolute Gasteiger partial charge is 0.0720 e. The molecular formula is C46H67NO. The molecule has 1 aliphatic heterocycles. The Balaban J connectivity index is 0.000000248. The molecule has 262 valence electrons. The molecule has 4 aliphatic rings. The van der Waals surface area contributed by atoms with E-state index in [-0.39, 0.29) is 13.0 Å². The van der Waals surface area contributed by atoms with Crippen LogP contribution in [0.1, 0.15) is 150 Å². The van der Waals surface area contributed by atoms with Crippen molar-refractivity contribution >= 4 is 5.69 Å². The molecule has 0 bridgehead atoms. The van der Waals surface area contributed by atoms with Gasteiger partial charge in [0.2, 0.25) is 0 Å². The van der Waals surface area contributed by atoms with Gasteiger partial charge in [0.05, 0.1) is 11.3 Å². The highest BCUT2D eigenvalue weighted by Gasteiger charge is 2.61. The monoisotopic (exact) mass is 650 g/mol. The molecular weight excluding hydrogens is 583 g/mol. The van der Waals surface area contributed by atoms with E-state index >= 15 is 0 Å². The Hall–Kier alpha value is -3.12. The van der Waals surface area contributed by atoms with Gasteiger partial charge in [0.1, 0.15) is 0 Å². The van der Waals surface area contributed by atoms with E-state index in [1.54, 1.807) is 0 Å². The highest BCUT2D eigenvalue weighted by molar-refractivity contribution is 5.64. The van der Waals surface area contributed by atoms with Crippen molar-refractivity contribution in [3.63, 3.8) is 0 Å². The van der Waals surface area contributed by atoms with Crippen molar-refractivity contribution in [2.45, 2.75) is 145 Å². The SMILES string of the molecule is C.C1#CCCCCCC1.CC(C)CC1C2CCC#CCCC21O.CC(C)CN1Cc2ccccc2C#Cc2ccccc21.CCC(C)C. The van der Waals surface area contributed by atoms with Crippen LogP contribution in [0.3, 0.4) is 0 Å². The molecule has 0 aromatic heterocycles. The maximum atomic E-state index is 10.4. The summed E-state index contributed by atoms with van der Waals surface area (Å²) in [6, 6.07) is 16.9. The van der Waals surface area contributed by atoms with Gasteiger partial charge in [-0.25, -0.2) is 0 Å². The summed E-state index contributed by atoms with van der Waals surface area (Å²) in [7, 11) is 0. The van der Waals surface area contributed by atoms with Crippen LogP contribution < -0.4 is 4.90 Å². The summed E-state index contributed by atoms with van der Waals surface area (Å²) in [4.78, 5) is 2.45. The van der Waals surface area contributed by atoms with Crippen LogP contribution >= 0.6 is 0 Å². The average molecular weight is 650 g/mol. The van der Waals surface area contributed by atoms with Crippen LogP contribution in [0.25, 0.3) is 0 Å². The summed E-state index contributed by atoms with van der Waals surface area (Å²) in [5.74, 6) is 22.6. The van der Waals surface area contributed by atoms with E-state index in [1.807, 2.05) is 0 Å². The molecule has 6 rings (SSSR count). The fourth-order valence-electron chi connectivity index (χ4n) is 6.57. The molecule has 2 nitrogen and oxygen atoms in total. The quantitative estimate of drug-likeness (QED) is 0.326. The van der Waals surface area contributed by atoms with E-state index in [0.29, 0.717) is 23.7 Å². The molecule has 2 aromatic carbocycles. The molecule has 0 amide bonds. The number of fused-ring (bicyclic) bond motifs is 3. The second-order valence-corrected chi connectivity index (χ2v) is 15.0. The van der Waals surface area contributed by atoms with Gasteiger partial charge < -0.3 is 10.0 Å². The lowest BCUT2D eigenvalue weighted by Crippen LogP contribution is -2.28. The van der Waals surface area contributed by atoms with Crippen LogP contribution in [-0.4, -0.2) is 17.3 Å². The number of rotatable bonds is 5. The van der Waals surface area contributed by atoms with Gasteiger partial charge in [-0.15, -0.1) is 23.7 Å². The summed E-state index contributed by atoms with van der Waals surface area (Å²) in [5.41, 5.74) is 4.51. The van der Waals surface area contributed by atoms with E-state index in [9.17, 15) is 5.11 Å². The molecule has 3 atom stereocenters. The number of anilines is 1. The molecule has 2 aromatic rings. The second-order valence-electron chi connectivity index (χ2n) is 15.0. The Morgan fingerprint density at radius 2 is 1.29 bits per heavy atom. The first kappa shape index (κ1) is 41.1. The number of hydrogen-bond acceptors (Lipinski definition) is 2. The number of nitrogens with zero attached hydrogens (tertiary/aromatic N) is 1. The fourth-order valence-corrected chi connectivity index (χ4v) is 6.57. The molecule has 1 fully saturated rings. The maximum Gasteiger partial charge on any atom is 0.0720 e. The van der Waals surface area contributed by atoms with E-state index < -0.39 is 0 Å². The Morgan fingerprint density at radius 3 is 1.92 bits per heavy atom. The summed E-state index contributed by atoms with van der Waals surface area (Å²) in [6.07, 6.45) is 14.1. The minimum atomic E-state index is -0.334. The van der Waals surface area contributed by atoms with Crippen molar-refractivity contribution < 1.29 is 5.11 Å². The maximum absolute atomic E-state index is 10.4. The highest BCUT2D eigenvalue weighted by atomic mass is 16.3. The molecule has 0 saturated heterocycles. The van der Waals surface area contributed by atoms with Crippen molar-refractivity contribution in [1.29, 1.82) is 0 Å². The zero-order valence-corrected chi connectivity index (χ0v) is 30.8. The zero-order valence-electron chi connectivity index (χ0n) is 30.8. The third kappa shape index (κ3) is 13.8. The van der Waals surface area contributed by atoms with Crippen LogP contribution in [0.15, 0.2) is 48.5 Å². The van der Waals surface area contributed by atoms with E-state index in [0.717, 1.165) is 68.7 Å². The van der Waals surface area contributed by atoms with Gasteiger partial charge in [0, 0.05) is 49.9 Å². The number of aliphatic hydroxyl groups is 1. The average Bonchev–Trinajstić information content (AvgIpc) is 3.53. The van der Waals surface area contributed by atoms with Gasteiger partial charge in [-0.3, -0.25) is 0 Å². The summed E-state index contributed by atoms with van der Waals surface area (Å²) in [5, 5.41) is 10.4. The topological polar surface area (TPSA) is 23.5 Å². The van der Waals surface area contributed by atoms with E-state index in [4.69, 9.17) is 0 Å². The molecule has 2 heteroatoms. The van der Waals surface area contributed by atoms with E-state index in [2.05, 4.69) is 137 Å². The van der Waals surface area contributed by atoms with Crippen LogP contribution in [0.4, 0.5) is 5.69 Å². The lowest BCUT2D eigenvalue weighted by molar-refractivity contribution is 0.104. The molecule has 0 radical (unpaired) electrons. The van der Waals surface area contributed by atoms with E-state index in [1.165, 1.54) is 49.8 Å². The normalized spacial score (nSPS) is 21.5. The first-order chi connectivity index (χ1) is 22.7. The predicted octanol–water partition coefficient (Wildman–Crippen LogP) is 11.7. The van der Waals surface area contributed by atoms with Crippen LogP contribution in [0, 0.1) is 65.1 Å². The van der Waals surface area contributed by atoms with Gasteiger partial charge in [-0.1, -0.05) is 117 Å². The minimum absolute atomic E-state index is 0. The van der Waals surface area contributed by atoms with Crippen molar-refractivity contribution in [1.82, 2.24) is 0 Å². The molecule has 1 saturated carbocycles. The lowest BCUT2D eigenvalue weighted by atomic mass is 10.0. The lowest BCUT2D eigenvalue weighted by Gasteiger charge is -2.29. The first-order valence-corrected chi connectivity index (χ1v) is 18.7. The largest absolute Gasteiger partial charge is 0.389 e. The molecule has 0 spiro atoms. The molecule has 1 heterocycles. The third-order valence-electron chi connectivity index (χ3n) is 9.58. The number of benzene rings is 2. The molecule has 48 heavy (non-hydrogen) atoms. The van der Waals surface area contributed by atoms with Crippen LogP contribution in [0.2, 0.25) is 0 Å². The van der Waals surface area contributed by atoms with Crippen molar-refractivity contribution in [3.05, 3.63) is 65.2 Å². The highest BCUT2D eigenvalue weighted by Crippen LogP contribution is 2.58. The Kier molecular flexibility index (Phi) is 18.6. The zero-order chi connectivity index (χ0) is 34.1. The Labute approximate surface area is 296 Å². The Bertz CT molecular complexity index is 1390. The van der Waals surface area contributed by atoms with Gasteiger partial charge in [0.15, 0.2) is 0 Å². The number of para-hydroxylation sites is 1. The van der Waals surface area contributed by atoms with Crippen LogP contribution in [-0.2, 0) is 6.54 Å². The molecule has 3 aliphatic carbocycles. The van der Waals surface area contributed by atoms with Gasteiger partial charge >= 0.3 is 0 Å². The third-order valence-corrected chi connectivity index (χ3v) is 9.58. The first-order valence-electron chi connectivity index (χ1n) is 18.7. The van der Waals surface area contributed by atoms with Gasteiger partial charge in [0.25, 0.3) is 0 Å². The van der Waals surface area contributed by atoms with Gasteiger partial charge in [-0.2, -0.15) is 0 Å². The summed E-state index contributed by atoms with van der Waals surface area (Å²) < 4.78 is 0. The fraction of sp³-hybridized carbons (Fsp3) is 0.609. The summed E-state index contributed by atoms with van der Waals surface area (Å²) in [6.45, 7) is 17.6. The van der Waals surface area contributed by atoms with Gasteiger partial charge in [-0.05, 0) is 85.5 Å². The second kappa shape index (κ2) is 21.8. The Morgan fingerprint density at radius 1 is 0.729 bits per heavy atom. The van der Waals surface area contributed by atoms with Crippen molar-refractivity contribution in [3.8, 4) is 35.5 Å². The van der Waals surface area contributed by atoms with Crippen LogP contribution in [0.5, 0.6) is 0 Å². The van der Waals surface area contributed by atoms with Crippen molar-refractivity contribution in [2.75, 3.05) is 11.4 Å². The predicted molar refractivity (Wildman–Crippen MR) is 210 cm³/mol. The number of hydrogen-bond donors (Lipinski definition) is 1. The standard InChI is InChI=1S/C19H19N.C13H20O.C8H12.C5H12.CH4/c1-15(2)13-20-14-18-9-4-3-7-16(18)11-12-17-8-5-6-10-19(17)20;1-10(2)9-12-11-7-5-3-4-6-8-13(11,12)14;1-2-4-6-8-7-5-3-1;1-4-5(2)3;/h3-10,15H,13-14H2,1-2H3;10-12,14H,5-9H2,1-2H3;1-6H2;5H,4H2,1-3H3;1H4. The molecule has 3 unspecified atom stereocenters. The van der Waals surface area contributed by atoms with Crippen molar-refractivity contribution in [2.24, 2.45) is 29.6 Å². The summed E-state index contributed by atoms with van der Waals surface area (Å²) >= 11 is 0. The molecule has 1 N–H and O–H groups in total. The minimum Gasteiger partial charge on any atom is -0.389 e.